The van der Waals surface area contributed by atoms with E-state index in [1.54, 1.807) is 5.32 Å². The largest absolute Gasteiger partial charge is 0.435 e. The summed E-state index contributed by atoms with van der Waals surface area (Å²) in [5.74, 6) is -3.66. The minimum absolute atomic E-state index is 0.00437. The van der Waals surface area contributed by atoms with Crippen molar-refractivity contribution in [2.24, 2.45) is 5.16 Å². The second-order valence-corrected chi connectivity index (χ2v) is 9.41. The highest BCUT2D eigenvalue weighted by molar-refractivity contribution is 9.10. The Morgan fingerprint density at radius 2 is 1.68 bits per heavy atom. The van der Waals surface area contributed by atoms with Gasteiger partial charge in [0.1, 0.15) is 12.4 Å². The van der Waals surface area contributed by atoms with E-state index in [0.717, 1.165) is 12.1 Å². The van der Waals surface area contributed by atoms with Crippen molar-refractivity contribution in [1.82, 2.24) is 10.6 Å². The zero-order chi connectivity index (χ0) is 30.3. The van der Waals surface area contributed by atoms with Crippen LogP contribution in [0.5, 0.6) is 0 Å². The highest BCUT2D eigenvalue weighted by Crippen LogP contribution is 2.51. The highest BCUT2D eigenvalue weighted by atomic mass is 79.9. The number of benzene rings is 2. The molecule has 2 amide bonds. The number of hydrogen-bond donors (Lipinski definition) is 2. The average Bonchev–Trinajstić information content (AvgIpc) is 3.28. The fourth-order valence-corrected chi connectivity index (χ4v) is 4.16. The molecular formula is C23H16BrF10N3O3. The quantitative estimate of drug-likeness (QED) is 0.382. The molecular weight excluding hydrogens is 636 g/mol. The number of rotatable bonds is 6. The number of nitrogens with zero attached hydrogens (tertiary/aromatic N) is 1. The van der Waals surface area contributed by atoms with Crippen LogP contribution in [0.1, 0.15) is 39.0 Å². The molecule has 2 N–H and O–H groups in total. The van der Waals surface area contributed by atoms with Crippen LogP contribution >= 0.6 is 15.9 Å². The molecule has 1 aliphatic rings. The minimum atomic E-state index is -5.43. The van der Waals surface area contributed by atoms with Crippen LogP contribution < -0.4 is 10.6 Å². The van der Waals surface area contributed by atoms with Crippen molar-refractivity contribution >= 4 is 33.5 Å². The molecule has 0 aliphatic carbocycles. The molecule has 6 nitrogen and oxygen atoms in total. The van der Waals surface area contributed by atoms with E-state index in [9.17, 15) is 53.5 Å². The summed E-state index contributed by atoms with van der Waals surface area (Å²) in [4.78, 5) is 28.5. The molecule has 3 rings (SSSR count). The third-order valence-corrected chi connectivity index (χ3v) is 6.25. The number of carbonyl (C=O) groups is 2. The summed E-state index contributed by atoms with van der Waals surface area (Å²) < 4.78 is 133. The van der Waals surface area contributed by atoms with Gasteiger partial charge in [-0.05, 0) is 58.2 Å². The van der Waals surface area contributed by atoms with Crippen LogP contribution in [-0.4, -0.2) is 43.0 Å². The molecule has 2 aromatic rings. The molecule has 2 aromatic carbocycles. The first-order valence-corrected chi connectivity index (χ1v) is 11.7. The van der Waals surface area contributed by atoms with Gasteiger partial charge in [-0.25, -0.2) is 4.39 Å². The Morgan fingerprint density at radius 3 is 2.23 bits per heavy atom. The monoisotopic (exact) mass is 651 g/mol. The lowest BCUT2D eigenvalue weighted by atomic mass is 9.85. The molecule has 0 fully saturated rings. The zero-order valence-corrected chi connectivity index (χ0v) is 21.4. The Morgan fingerprint density at radius 1 is 1.02 bits per heavy atom. The molecule has 218 valence electrons. The van der Waals surface area contributed by atoms with E-state index >= 15 is 0 Å². The summed E-state index contributed by atoms with van der Waals surface area (Å²) in [6.07, 6.45) is -16.4. The molecule has 0 spiro atoms. The Bertz CT molecular complexity index is 1360. The fraction of sp³-hybridized carbons (Fsp3) is 0.348. The molecule has 0 bridgehead atoms. The number of amides is 2. The SMILES string of the molecule is Cc1cc(C2=NO[C@@](c3cc(C(F)(F)F)cc(Br)c3F)(C(F)(F)F)C2)ccc1C(=O)NCC(=O)NCC(F)(F)F. The standard InChI is InChI=1S/C23H16BrF10N3O3/c1-10-4-11(2-3-13(10)19(39)35-8-17(38)36-9-21(26,27)28)16-7-20(40-37-16,23(32,33)34)14-5-12(22(29,30)31)6-15(24)18(14)25/h2-6H,7-9H2,1H3,(H,35,39)(H,36,38)/t20-/m0/s1. The topological polar surface area (TPSA) is 79.8 Å². The van der Waals surface area contributed by atoms with Gasteiger partial charge in [0.2, 0.25) is 5.91 Å². The van der Waals surface area contributed by atoms with Gasteiger partial charge in [0, 0.05) is 11.1 Å². The number of hydrogen-bond acceptors (Lipinski definition) is 4. The van der Waals surface area contributed by atoms with Gasteiger partial charge in [-0.3, -0.25) is 9.59 Å². The molecule has 17 heteroatoms. The Balaban J connectivity index is 1.85. The van der Waals surface area contributed by atoms with Gasteiger partial charge in [0.25, 0.3) is 11.5 Å². The summed E-state index contributed by atoms with van der Waals surface area (Å²) in [5, 5.41) is 7.01. The molecule has 0 saturated heterocycles. The van der Waals surface area contributed by atoms with E-state index in [1.807, 2.05) is 0 Å². The van der Waals surface area contributed by atoms with Crippen LogP contribution in [0, 0.1) is 12.7 Å². The molecule has 1 atom stereocenters. The first-order chi connectivity index (χ1) is 18.2. The summed E-state index contributed by atoms with van der Waals surface area (Å²) in [7, 11) is 0. The van der Waals surface area contributed by atoms with E-state index in [-0.39, 0.29) is 28.8 Å². The van der Waals surface area contributed by atoms with Crippen molar-refractivity contribution in [3.05, 3.63) is 68.4 Å². The fourth-order valence-electron chi connectivity index (χ4n) is 3.70. The molecule has 1 aliphatic heterocycles. The summed E-state index contributed by atoms with van der Waals surface area (Å²) in [6, 6.07) is 3.71. The van der Waals surface area contributed by atoms with Crippen molar-refractivity contribution in [3.63, 3.8) is 0 Å². The van der Waals surface area contributed by atoms with Crippen LogP contribution in [0.4, 0.5) is 43.9 Å². The molecule has 1 heterocycles. The predicted molar refractivity (Wildman–Crippen MR) is 122 cm³/mol. The Kier molecular flexibility index (Phi) is 8.49. The Hall–Kier alpha value is -3.37. The summed E-state index contributed by atoms with van der Waals surface area (Å²) in [5.41, 5.74) is -7.05. The minimum Gasteiger partial charge on any atom is -0.374 e. The number of aryl methyl sites for hydroxylation is 1. The van der Waals surface area contributed by atoms with Crippen LogP contribution in [0.3, 0.4) is 0 Å². The average molecular weight is 652 g/mol. The second-order valence-electron chi connectivity index (χ2n) is 8.55. The van der Waals surface area contributed by atoms with Crippen LogP contribution in [0.2, 0.25) is 0 Å². The van der Waals surface area contributed by atoms with Crippen molar-refractivity contribution in [2.45, 2.75) is 37.5 Å². The molecule has 0 aromatic heterocycles. The molecule has 0 unspecified atom stereocenters. The van der Waals surface area contributed by atoms with E-state index in [1.165, 1.54) is 13.0 Å². The highest BCUT2D eigenvalue weighted by Gasteiger charge is 2.64. The lowest BCUT2D eigenvalue weighted by Crippen LogP contribution is -2.43. The zero-order valence-electron chi connectivity index (χ0n) is 19.8. The normalized spacial score (nSPS) is 17.8. The van der Waals surface area contributed by atoms with Gasteiger partial charge < -0.3 is 15.5 Å². The van der Waals surface area contributed by atoms with Crippen molar-refractivity contribution < 1.29 is 58.3 Å². The number of nitrogens with one attached hydrogen (secondary N) is 2. The van der Waals surface area contributed by atoms with E-state index in [2.05, 4.69) is 31.2 Å². The third-order valence-electron chi connectivity index (χ3n) is 5.68. The second kappa shape index (κ2) is 10.9. The number of alkyl halides is 9. The third kappa shape index (κ3) is 6.67. The first kappa shape index (κ1) is 31.2. The van der Waals surface area contributed by atoms with Crippen LogP contribution in [0.15, 0.2) is 40.0 Å². The maximum absolute atomic E-state index is 14.8. The smallest absolute Gasteiger partial charge is 0.374 e. The lowest BCUT2D eigenvalue weighted by molar-refractivity contribution is -0.277. The van der Waals surface area contributed by atoms with Gasteiger partial charge in [-0.15, -0.1) is 0 Å². The van der Waals surface area contributed by atoms with Gasteiger partial charge in [0.05, 0.1) is 28.7 Å². The number of carbonyl (C=O) groups excluding carboxylic acids is 2. The van der Waals surface area contributed by atoms with Crippen molar-refractivity contribution in [2.75, 3.05) is 13.1 Å². The van der Waals surface area contributed by atoms with Crippen LogP contribution in [0.25, 0.3) is 0 Å². The predicted octanol–water partition coefficient (Wildman–Crippen LogP) is 5.91. The molecule has 0 saturated carbocycles. The van der Waals surface area contributed by atoms with Gasteiger partial charge >= 0.3 is 18.5 Å². The first-order valence-electron chi connectivity index (χ1n) is 10.9. The molecule has 40 heavy (non-hydrogen) atoms. The number of halogens is 11. The van der Waals surface area contributed by atoms with Gasteiger partial charge in [-0.1, -0.05) is 11.2 Å². The van der Waals surface area contributed by atoms with E-state index in [0.29, 0.717) is 0 Å². The van der Waals surface area contributed by atoms with Crippen molar-refractivity contribution in [3.8, 4) is 0 Å². The van der Waals surface area contributed by atoms with Gasteiger partial charge in [0.15, 0.2) is 0 Å². The maximum Gasteiger partial charge on any atom is 0.435 e. The van der Waals surface area contributed by atoms with Gasteiger partial charge in [-0.2, -0.15) is 39.5 Å². The molecule has 0 radical (unpaired) electrons. The summed E-state index contributed by atoms with van der Waals surface area (Å²) in [6.45, 7) is -1.07. The van der Waals surface area contributed by atoms with E-state index < -0.39 is 82.6 Å². The lowest BCUT2D eigenvalue weighted by Gasteiger charge is -2.30. The number of oxime groups is 1. The summed E-state index contributed by atoms with van der Waals surface area (Å²) >= 11 is 2.51. The van der Waals surface area contributed by atoms with E-state index in [4.69, 9.17) is 0 Å². The Labute approximate surface area is 226 Å². The van der Waals surface area contributed by atoms with Crippen LogP contribution in [-0.2, 0) is 21.4 Å². The maximum atomic E-state index is 14.8. The van der Waals surface area contributed by atoms with Crippen molar-refractivity contribution in [1.29, 1.82) is 0 Å².